The lowest BCUT2D eigenvalue weighted by Crippen LogP contribution is -2.07. The van der Waals surface area contributed by atoms with Crippen LogP contribution in [0.4, 0.5) is 0 Å². The molecule has 2 aromatic heterocycles. The van der Waals surface area contributed by atoms with Gasteiger partial charge in [-0.05, 0) is 13.8 Å². The summed E-state index contributed by atoms with van der Waals surface area (Å²) in [4.78, 5) is 16.1. The predicted octanol–water partition coefficient (Wildman–Crippen LogP) is 3.30. The van der Waals surface area contributed by atoms with Gasteiger partial charge in [0.2, 0.25) is 5.89 Å². The van der Waals surface area contributed by atoms with Gasteiger partial charge in [0.25, 0.3) is 0 Å². The summed E-state index contributed by atoms with van der Waals surface area (Å²) in [6, 6.07) is 9.58. The number of hydrogen-bond acceptors (Lipinski definition) is 6. The maximum absolute atomic E-state index is 12.0. The number of oxazole rings is 1. The molecule has 0 aliphatic heterocycles. The fourth-order valence-corrected chi connectivity index (χ4v) is 2.09. The summed E-state index contributed by atoms with van der Waals surface area (Å²) in [6.45, 7) is 3.30. The lowest BCUT2D eigenvalue weighted by Gasteiger charge is -2.01. The van der Waals surface area contributed by atoms with Crippen molar-refractivity contribution in [1.29, 1.82) is 0 Å². The highest BCUT2D eigenvalue weighted by molar-refractivity contribution is 5.91. The number of hydrogen-bond donors (Lipinski definition) is 0. The number of carbonyl (C=O) groups excluding carboxylic acids is 1. The van der Waals surface area contributed by atoms with Crippen molar-refractivity contribution in [2.24, 2.45) is 0 Å². The molecule has 0 bridgehead atoms. The van der Waals surface area contributed by atoms with Crippen LogP contribution in [0, 0.1) is 13.8 Å². The van der Waals surface area contributed by atoms with E-state index in [1.807, 2.05) is 30.3 Å². The van der Waals surface area contributed by atoms with Crippen molar-refractivity contribution in [3.8, 4) is 11.3 Å². The summed E-state index contributed by atoms with van der Waals surface area (Å²) in [5, 5.41) is 3.72. The van der Waals surface area contributed by atoms with Crippen molar-refractivity contribution in [2.45, 2.75) is 20.5 Å². The van der Waals surface area contributed by atoms with E-state index in [0.717, 1.165) is 5.56 Å². The Morgan fingerprint density at radius 1 is 1.23 bits per heavy atom. The van der Waals surface area contributed by atoms with E-state index in [1.54, 1.807) is 20.0 Å². The second-order valence-corrected chi connectivity index (χ2v) is 4.76. The highest BCUT2D eigenvalue weighted by Gasteiger charge is 2.19. The van der Waals surface area contributed by atoms with Crippen LogP contribution in [0.1, 0.15) is 27.7 Å². The Labute approximate surface area is 126 Å². The first kappa shape index (κ1) is 14.1. The monoisotopic (exact) mass is 298 g/mol. The quantitative estimate of drug-likeness (QED) is 0.688. The van der Waals surface area contributed by atoms with Crippen LogP contribution >= 0.6 is 0 Å². The number of aromatic nitrogens is 2. The third-order valence-electron chi connectivity index (χ3n) is 3.18. The molecule has 6 heteroatoms. The molecule has 0 atom stereocenters. The molecular weight excluding hydrogens is 284 g/mol. The lowest BCUT2D eigenvalue weighted by molar-refractivity contribution is 0.0436. The fraction of sp³-hybridized carbons (Fsp3) is 0.188. The van der Waals surface area contributed by atoms with Crippen molar-refractivity contribution in [2.75, 3.05) is 0 Å². The molecule has 0 amide bonds. The molecule has 0 unspecified atom stereocenters. The van der Waals surface area contributed by atoms with E-state index >= 15 is 0 Å². The molecule has 3 rings (SSSR count). The molecule has 0 fully saturated rings. The van der Waals surface area contributed by atoms with E-state index in [1.165, 1.54) is 0 Å². The summed E-state index contributed by atoms with van der Waals surface area (Å²) in [6.07, 6.45) is 1.61. The zero-order valence-corrected chi connectivity index (χ0v) is 12.2. The van der Waals surface area contributed by atoms with Crippen molar-refractivity contribution < 1.29 is 18.5 Å². The molecular formula is C16H14N2O4. The standard InChI is InChI=1S/C16H14N2O4/c1-10-15(11(2)22-18-10)16(19)20-9-14-17-8-13(21-14)12-6-4-3-5-7-12/h3-8H,9H2,1-2H3. The molecule has 112 valence electrons. The van der Waals surface area contributed by atoms with Crippen LogP contribution in [-0.2, 0) is 11.3 Å². The minimum Gasteiger partial charge on any atom is -0.452 e. The van der Waals surface area contributed by atoms with Crippen molar-refractivity contribution in [1.82, 2.24) is 10.1 Å². The van der Waals surface area contributed by atoms with Crippen LogP contribution in [0.5, 0.6) is 0 Å². The number of aryl methyl sites for hydroxylation is 2. The summed E-state index contributed by atoms with van der Waals surface area (Å²) in [7, 11) is 0. The fourth-order valence-electron chi connectivity index (χ4n) is 2.09. The van der Waals surface area contributed by atoms with Crippen LogP contribution in [0.15, 0.2) is 45.5 Å². The molecule has 0 saturated heterocycles. The second-order valence-electron chi connectivity index (χ2n) is 4.76. The maximum Gasteiger partial charge on any atom is 0.344 e. The smallest absolute Gasteiger partial charge is 0.344 e. The Kier molecular flexibility index (Phi) is 3.74. The molecule has 3 aromatic rings. The van der Waals surface area contributed by atoms with E-state index in [2.05, 4.69) is 10.1 Å². The third kappa shape index (κ3) is 2.76. The van der Waals surface area contributed by atoms with Crippen LogP contribution in [-0.4, -0.2) is 16.1 Å². The highest BCUT2D eigenvalue weighted by atomic mass is 16.5. The summed E-state index contributed by atoms with van der Waals surface area (Å²) in [5.41, 5.74) is 1.76. The van der Waals surface area contributed by atoms with Gasteiger partial charge >= 0.3 is 5.97 Å². The average Bonchev–Trinajstić information content (AvgIpc) is 3.13. The number of carbonyl (C=O) groups is 1. The Balaban J connectivity index is 1.68. The van der Waals surface area contributed by atoms with Gasteiger partial charge in [0.05, 0.1) is 11.9 Å². The Morgan fingerprint density at radius 2 is 2.00 bits per heavy atom. The van der Waals surface area contributed by atoms with Crippen LogP contribution in [0.3, 0.4) is 0 Å². The van der Waals surface area contributed by atoms with Crippen LogP contribution in [0.25, 0.3) is 11.3 Å². The zero-order chi connectivity index (χ0) is 15.5. The summed E-state index contributed by atoms with van der Waals surface area (Å²) < 4.78 is 15.7. The second kappa shape index (κ2) is 5.85. The molecule has 22 heavy (non-hydrogen) atoms. The third-order valence-corrected chi connectivity index (χ3v) is 3.18. The summed E-state index contributed by atoms with van der Waals surface area (Å²) >= 11 is 0. The predicted molar refractivity (Wildman–Crippen MR) is 77.0 cm³/mol. The molecule has 0 saturated carbocycles. The van der Waals surface area contributed by atoms with Crippen LogP contribution < -0.4 is 0 Å². The van der Waals surface area contributed by atoms with E-state index in [9.17, 15) is 4.79 Å². The van der Waals surface area contributed by atoms with Gasteiger partial charge in [0, 0.05) is 5.56 Å². The van der Waals surface area contributed by atoms with E-state index < -0.39 is 5.97 Å². The largest absolute Gasteiger partial charge is 0.452 e. The number of benzene rings is 1. The number of rotatable bonds is 4. The topological polar surface area (TPSA) is 78.4 Å². The number of esters is 1. The number of ether oxygens (including phenoxy) is 1. The first-order valence-corrected chi connectivity index (χ1v) is 6.75. The Bertz CT molecular complexity index is 770. The molecule has 0 N–H and O–H groups in total. The van der Waals surface area contributed by atoms with Gasteiger partial charge in [0.15, 0.2) is 12.4 Å². The molecule has 2 heterocycles. The molecule has 0 aliphatic rings. The zero-order valence-electron chi connectivity index (χ0n) is 12.2. The molecule has 1 aromatic carbocycles. The lowest BCUT2D eigenvalue weighted by atomic mass is 10.2. The van der Waals surface area contributed by atoms with Crippen molar-refractivity contribution in [3.05, 3.63) is 59.4 Å². The van der Waals surface area contributed by atoms with Crippen LogP contribution in [0.2, 0.25) is 0 Å². The molecule has 6 nitrogen and oxygen atoms in total. The van der Waals surface area contributed by atoms with Gasteiger partial charge < -0.3 is 13.7 Å². The maximum atomic E-state index is 12.0. The van der Waals surface area contributed by atoms with Crippen molar-refractivity contribution in [3.63, 3.8) is 0 Å². The summed E-state index contributed by atoms with van der Waals surface area (Å²) in [5.74, 6) is 0.888. The number of nitrogens with zero attached hydrogens (tertiary/aromatic N) is 2. The minimum absolute atomic E-state index is 0.0459. The first-order valence-electron chi connectivity index (χ1n) is 6.75. The van der Waals surface area contributed by atoms with Gasteiger partial charge in [0.1, 0.15) is 11.3 Å². The highest BCUT2D eigenvalue weighted by Crippen LogP contribution is 2.20. The van der Waals surface area contributed by atoms with E-state index in [0.29, 0.717) is 28.7 Å². The van der Waals surface area contributed by atoms with Gasteiger partial charge in [-0.3, -0.25) is 0 Å². The van der Waals surface area contributed by atoms with Gasteiger partial charge in [-0.2, -0.15) is 0 Å². The van der Waals surface area contributed by atoms with Crippen molar-refractivity contribution >= 4 is 5.97 Å². The molecule has 0 radical (unpaired) electrons. The molecule has 0 aliphatic carbocycles. The van der Waals surface area contributed by atoms with E-state index in [4.69, 9.17) is 13.7 Å². The van der Waals surface area contributed by atoms with E-state index in [-0.39, 0.29) is 6.61 Å². The average molecular weight is 298 g/mol. The van der Waals surface area contributed by atoms with Gasteiger partial charge in [-0.1, -0.05) is 35.5 Å². The van der Waals surface area contributed by atoms with Gasteiger partial charge in [-0.25, -0.2) is 9.78 Å². The van der Waals surface area contributed by atoms with Gasteiger partial charge in [-0.15, -0.1) is 0 Å². The molecule has 0 spiro atoms. The minimum atomic E-state index is -0.504. The SMILES string of the molecule is Cc1noc(C)c1C(=O)OCc1ncc(-c2ccccc2)o1. The first-order chi connectivity index (χ1) is 10.6. The Hall–Kier alpha value is -2.89. The normalized spacial score (nSPS) is 10.6. The Morgan fingerprint density at radius 3 is 2.68 bits per heavy atom.